The molecule has 5 nitrogen and oxygen atoms in total. The molecule has 6 aromatic rings. The molecule has 0 aliphatic carbocycles. The van der Waals surface area contributed by atoms with Crippen molar-refractivity contribution in [3.63, 3.8) is 0 Å². The lowest BCUT2D eigenvalue weighted by atomic mass is 9.80. The summed E-state index contributed by atoms with van der Waals surface area (Å²) >= 11 is 0. The van der Waals surface area contributed by atoms with Gasteiger partial charge in [0.15, 0.2) is 0 Å². The van der Waals surface area contributed by atoms with Gasteiger partial charge in [0.1, 0.15) is 23.0 Å². The standard InChI is InChI=1S/C68H92O5P2/c1-61(2,3)47-29-37-57(53(41-47)65(13,14)15)70-74(71-58-38-30-48(62(4,5)6)42-54(58)66(16,17)18)51-33-25-45(26-34-51)46-27-35-52(36-28-46)75(69,72-59-39-31-49(63(7,8)9)43-55(59)67(19,20)21)73-60-40-32-50(64(10,11)12)44-56(60)68(22,23)24/h25-44H,1-24H3. The van der Waals surface area contributed by atoms with Gasteiger partial charge in [0.2, 0.25) is 0 Å². The SMILES string of the molecule is CC(C)(C)c1ccc(OP(Oc2ccc(C(C)(C)C)cc2C(C)(C)C)c2ccc(-c3ccc(P(=O)(Oc4ccc(C(C)(C)C)cc4C(C)(C)C)Oc4ccc(C(C)(C)C)cc4C(C)(C)C)cc3)cc2)c(C(C)(C)C)c1. The van der Waals surface area contributed by atoms with E-state index in [9.17, 15) is 0 Å². The molecular weight excluding hydrogens is 959 g/mol. The first-order chi connectivity index (χ1) is 34.1. The summed E-state index contributed by atoms with van der Waals surface area (Å²) in [5.74, 6) is 2.72. The summed E-state index contributed by atoms with van der Waals surface area (Å²) in [5.41, 5.74) is 9.83. The number of rotatable bonds is 11. The average molecular weight is 1050 g/mol. The van der Waals surface area contributed by atoms with Crippen molar-refractivity contribution in [3.8, 4) is 34.1 Å². The van der Waals surface area contributed by atoms with Crippen molar-refractivity contribution in [2.75, 3.05) is 0 Å². The summed E-state index contributed by atoms with van der Waals surface area (Å²) in [7, 11) is -5.78. The van der Waals surface area contributed by atoms with Crippen molar-refractivity contribution in [1.29, 1.82) is 0 Å². The maximum absolute atomic E-state index is 16.0. The van der Waals surface area contributed by atoms with Crippen molar-refractivity contribution >= 4 is 26.6 Å². The van der Waals surface area contributed by atoms with Gasteiger partial charge in [0.25, 0.3) is 0 Å². The van der Waals surface area contributed by atoms with Crippen LogP contribution in [0.1, 0.15) is 211 Å². The van der Waals surface area contributed by atoms with E-state index in [4.69, 9.17) is 18.1 Å². The molecule has 0 aliphatic rings. The Morgan fingerprint density at radius 3 is 0.827 bits per heavy atom. The monoisotopic (exact) mass is 1050 g/mol. The van der Waals surface area contributed by atoms with Crippen LogP contribution in [0.3, 0.4) is 0 Å². The maximum atomic E-state index is 16.0. The first kappa shape index (κ1) is 59.4. The van der Waals surface area contributed by atoms with Crippen LogP contribution in [-0.4, -0.2) is 0 Å². The highest BCUT2D eigenvalue weighted by molar-refractivity contribution is 7.63. The van der Waals surface area contributed by atoms with Gasteiger partial charge in [-0.3, -0.25) is 0 Å². The molecule has 0 aliphatic heterocycles. The molecule has 0 saturated heterocycles. The molecule has 7 heteroatoms. The first-order valence-corrected chi connectivity index (χ1v) is 29.7. The Morgan fingerprint density at radius 1 is 0.307 bits per heavy atom. The van der Waals surface area contributed by atoms with Gasteiger partial charge < -0.3 is 18.1 Å². The predicted molar refractivity (Wildman–Crippen MR) is 324 cm³/mol. The maximum Gasteiger partial charge on any atom is 0.462 e. The third kappa shape index (κ3) is 14.4. The van der Waals surface area contributed by atoms with Crippen LogP contribution < -0.4 is 28.7 Å². The lowest BCUT2D eigenvalue weighted by Crippen LogP contribution is -2.21. The smallest absolute Gasteiger partial charge is 0.435 e. The molecule has 0 atom stereocenters. The summed E-state index contributed by atoms with van der Waals surface area (Å²) < 4.78 is 44.1. The van der Waals surface area contributed by atoms with Crippen LogP contribution in [0.4, 0.5) is 0 Å². The largest absolute Gasteiger partial charge is 0.462 e. The molecule has 6 rings (SSSR count). The van der Waals surface area contributed by atoms with Crippen molar-refractivity contribution < 1.29 is 22.7 Å². The van der Waals surface area contributed by atoms with Crippen molar-refractivity contribution in [1.82, 2.24) is 0 Å². The molecule has 0 fully saturated rings. The Bertz CT molecular complexity index is 2850. The van der Waals surface area contributed by atoms with Gasteiger partial charge in [-0.2, -0.15) is 0 Å². The molecule has 0 N–H and O–H groups in total. The zero-order valence-corrected chi connectivity index (χ0v) is 52.3. The Morgan fingerprint density at radius 2 is 0.560 bits per heavy atom. The fourth-order valence-corrected chi connectivity index (χ4v) is 11.9. The molecule has 404 valence electrons. The fourth-order valence-electron chi connectivity index (χ4n) is 8.95. The Kier molecular flexibility index (Phi) is 16.5. The van der Waals surface area contributed by atoms with E-state index in [2.05, 4.69) is 251 Å². The normalized spacial score (nSPS) is 13.5. The van der Waals surface area contributed by atoms with E-state index in [1.807, 2.05) is 36.4 Å². The number of benzene rings is 6. The highest BCUT2D eigenvalue weighted by Crippen LogP contribution is 2.53. The van der Waals surface area contributed by atoms with Gasteiger partial charge in [-0.05, 0) is 125 Å². The predicted octanol–water partition coefficient (Wildman–Crippen LogP) is 19.8. The second-order valence-corrected chi connectivity index (χ2v) is 32.3. The minimum Gasteiger partial charge on any atom is -0.435 e. The van der Waals surface area contributed by atoms with Gasteiger partial charge in [0, 0.05) is 22.3 Å². The van der Waals surface area contributed by atoms with Gasteiger partial charge in [-0.25, -0.2) is 4.57 Å². The molecular formula is C68H92O5P2. The summed E-state index contributed by atoms with van der Waals surface area (Å²) in [5, 5.41) is 1.41. The van der Waals surface area contributed by atoms with Gasteiger partial charge in [-0.15, -0.1) is 0 Å². The van der Waals surface area contributed by atoms with E-state index in [0.717, 1.165) is 50.2 Å². The molecule has 0 unspecified atom stereocenters. The lowest BCUT2D eigenvalue weighted by molar-refractivity contribution is 0.387. The lowest BCUT2D eigenvalue weighted by Gasteiger charge is -2.31. The molecule has 0 bridgehead atoms. The summed E-state index contributed by atoms with van der Waals surface area (Å²) in [4.78, 5) is 0. The van der Waals surface area contributed by atoms with Crippen LogP contribution in [0.2, 0.25) is 0 Å². The Balaban J connectivity index is 1.45. The molecule has 0 heterocycles. The van der Waals surface area contributed by atoms with Crippen LogP contribution in [0.25, 0.3) is 11.1 Å². The van der Waals surface area contributed by atoms with Gasteiger partial charge in [0.05, 0.1) is 10.6 Å². The van der Waals surface area contributed by atoms with Crippen LogP contribution in [0, 0.1) is 0 Å². The van der Waals surface area contributed by atoms with E-state index in [1.54, 1.807) is 0 Å². The minimum absolute atomic E-state index is 0.0243. The molecule has 0 saturated carbocycles. The highest BCUT2D eigenvalue weighted by atomic mass is 31.2. The molecule has 0 aromatic heterocycles. The van der Waals surface area contributed by atoms with Crippen LogP contribution in [-0.2, 0) is 47.9 Å². The van der Waals surface area contributed by atoms with Crippen molar-refractivity contribution in [3.05, 3.63) is 166 Å². The number of hydrogen-bond acceptors (Lipinski definition) is 5. The van der Waals surface area contributed by atoms with Gasteiger partial charge >= 0.3 is 16.0 Å². The average Bonchev–Trinajstić information content (AvgIpc) is 3.26. The van der Waals surface area contributed by atoms with E-state index in [1.165, 1.54) is 22.3 Å². The van der Waals surface area contributed by atoms with E-state index < -0.39 is 16.0 Å². The molecule has 0 amide bonds. The molecule has 0 spiro atoms. The molecule has 75 heavy (non-hydrogen) atoms. The highest BCUT2D eigenvalue weighted by Gasteiger charge is 2.37. The summed E-state index contributed by atoms with van der Waals surface area (Å²) in [6.07, 6.45) is 0. The third-order valence-corrected chi connectivity index (χ3v) is 17.3. The third-order valence-electron chi connectivity index (χ3n) is 14.0. The van der Waals surface area contributed by atoms with Crippen LogP contribution in [0.5, 0.6) is 23.0 Å². The van der Waals surface area contributed by atoms with Crippen molar-refractivity contribution in [2.24, 2.45) is 0 Å². The van der Waals surface area contributed by atoms with Gasteiger partial charge in [-0.1, -0.05) is 239 Å². The zero-order chi connectivity index (χ0) is 56.3. The minimum atomic E-state index is -4.11. The van der Waals surface area contributed by atoms with Crippen LogP contribution >= 0.6 is 16.0 Å². The van der Waals surface area contributed by atoms with E-state index >= 15 is 4.57 Å². The topological polar surface area (TPSA) is 54.0 Å². The zero-order valence-electron chi connectivity index (χ0n) is 50.5. The second kappa shape index (κ2) is 20.9. The van der Waals surface area contributed by atoms with E-state index in [-0.39, 0.29) is 43.3 Å². The second-order valence-electron chi connectivity index (χ2n) is 29.1. The summed E-state index contributed by atoms with van der Waals surface area (Å²) in [6.45, 7) is 53.2. The quantitative estimate of drug-likeness (QED) is 0.121. The number of hydrogen-bond donors (Lipinski definition) is 0. The Hall–Kier alpha value is -4.82. The van der Waals surface area contributed by atoms with Crippen molar-refractivity contribution in [2.45, 2.75) is 209 Å². The summed E-state index contributed by atoms with van der Waals surface area (Å²) in [6, 6.07) is 42.1. The van der Waals surface area contributed by atoms with E-state index in [0.29, 0.717) is 16.8 Å². The molecule has 0 radical (unpaired) electrons. The molecule has 6 aromatic carbocycles. The fraction of sp³-hybridized carbons (Fsp3) is 0.471. The Labute approximate surface area is 456 Å². The van der Waals surface area contributed by atoms with Crippen LogP contribution in [0.15, 0.2) is 121 Å². The first-order valence-electron chi connectivity index (χ1n) is 27.0.